The first-order chi connectivity index (χ1) is 16.5. The highest BCUT2D eigenvalue weighted by Gasteiger charge is 2.53. The van der Waals surface area contributed by atoms with Crippen LogP contribution in [0.4, 0.5) is 0 Å². The fourth-order valence-corrected chi connectivity index (χ4v) is 4.46. The molecular formula is C25H25ClN4O5. The normalized spacial score (nSPS) is 15.3. The Hall–Kier alpha value is -3.64. The van der Waals surface area contributed by atoms with Crippen LogP contribution in [0.2, 0.25) is 5.02 Å². The Bertz CT molecular complexity index is 1390. The molecule has 1 saturated carbocycles. The van der Waals surface area contributed by atoms with Crippen molar-refractivity contribution < 1.29 is 19.1 Å². The Morgan fingerprint density at radius 3 is 2.57 bits per heavy atom. The molecule has 10 heteroatoms. The van der Waals surface area contributed by atoms with Gasteiger partial charge in [0.2, 0.25) is 11.8 Å². The van der Waals surface area contributed by atoms with Crippen molar-refractivity contribution in [2.75, 3.05) is 7.11 Å². The molecule has 1 atom stereocenters. The highest BCUT2D eigenvalue weighted by Crippen LogP contribution is 2.43. The first-order valence-corrected chi connectivity index (χ1v) is 11.5. The van der Waals surface area contributed by atoms with Crippen LogP contribution in [0.3, 0.4) is 0 Å². The molecule has 2 heterocycles. The van der Waals surface area contributed by atoms with E-state index in [-0.39, 0.29) is 24.0 Å². The van der Waals surface area contributed by atoms with E-state index in [9.17, 15) is 20.0 Å². The molecule has 0 spiro atoms. The minimum atomic E-state index is -1.78. The van der Waals surface area contributed by atoms with Crippen LogP contribution < -0.4 is 10.3 Å². The number of carboxylic acids is 1. The van der Waals surface area contributed by atoms with Crippen LogP contribution in [0.25, 0.3) is 11.1 Å². The number of benzene rings is 1. The lowest BCUT2D eigenvalue weighted by molar-refractivity contribution is -0.155. The SMILES string of the molecule is COc1cn(C(Cc2nnc(C3CC3)o2)(C(=O)O)C(C)(C)C)c(=O)cc1-c1cc(Cl)ccc1C#N. The lowest BCUT2D eigenvalue weighted by atomic mass is 9.71. The molecule has 2 aromatic heterocycles. The molecule has 0 aliphatic heterocycles. The molecule has 9 nitrogen and oxygen atoms in total. The zero-order chi connectivity index (χ0) is 25.5. The summed E-state index contributed by atoms with van der Waals surface area (Å²) in [6.45, 7) is 5.20. The van der Waals surface area contributed by atoms with Crippen molar-refractivity contribution in [3.63, 3.8) is 0 Å². The molecule has 4 rings (SSSR count). The molecule has 1 N–H and O–H groups in total. The van der Waals surface area contributed by atoms with Crippen LogP contribution in [0.15, 0.2) is 39.7 Å². The molecule has 182 valence electrons. The number of carboxylic acid groups (broad SMARTS) is 1. The van der Waals surface area contributed by atoms with Crippen LogP contribution in [0.5, 0.6) is 5.75 Å². The molecule has 1 aromatic carbocycles. The largest absolute Gasteiger partial charge is 0.495 e. The predicted octanol–water partition coefficient (Wildman–Crippen LogP) is 4.38. The maximum atomic E-state index is 13.5. The average Bonchev–Trinajstić information content (AvgIpc) is 3.55. The quantitative estimate of drug-likeness (QED) is 0.509. The highest BCUT2D eigenvalue weighted by atomic mass is 35.5. The molecule has 1 fully saturated rings. The maximum absolute atomic E-state index is 13.5. The molecule has 35 heavy (non-hydrogen) atoms. The number of pyridine rings is 1. The lowest BCUT2D eigenvalue weighted by Gasteiger charge is -2.42. The van der Waals surface area contributed by atoms with Gasteiger partial charge in [-0.15, -0.1) is 10.2 Å². The van der Waals surface area contributed by atoms with Crippen molar-refractivity contribution in [1.29, 1.82) is 5.26 Å². The van der Waals surface area contributed by atoms with E-state index in [1.807, 2.05) is 0 Å². The topological polar surface area (TPSA) is 131 Å². The minimum absolute atomic E-state index is 0.140. The number of nitrogens with zero attached hydrogens (tertiary/aromatic N) is 4. The second-order valence-electron chi connectivity index (χ2n) is 9.67. The van der Waals surface area contributed by atoms with Gasteiger partial charge in [0.1, 0.15) is 5.75 Å². The molecule has 0 radical (unpaired) electrons. The number of carbonyl (C=O) groups is 1. The number of aromatic nitrogens is 3. The highest BCUT2D eigenvalue weighted by molar-refractivity contribution is 6.31. The minimum Gasteiger partial charge on any atom is -0.495 e. The Labute approximate surface area is 206 Å². The zero-order valence-corrected chi connectivity index (χ0v) is 20.6. The molecule has 0 bridgehead atoms. The Morgan fingerprint density at radius 2 is 2.00 bits per heavy atom. The van der Waals surface area contributed by atoms with Gasteiger partial charge >= 0.3 is 5.97 Å². The Kier molecular flexibility index (Phi) is 6.20. The zero-order valence-electron chi connectivity index (χ0n) is 19.8. The number of ether oxygens (including phenoxy) is 1. The number of hydrogen-bond donors (Lipinski definition) is 1. The summed E-state index contributed by atoms with van der Waals surface area (Å²) >= 11 is 6.15. The van der Waals surface area contributed by atoms with Gasteiger partial charge in [0, 0.05) is 28.1 Å². The summed E-state index contributed by atoms with van der Waals surface area (Å²) in [4.78, 5) is 26.5. The third-order valence-electron chi connectivity index (χ3n) is 6.45. The molecule has 0 saturated heterocycles. The van der Waals surface area contributed by atoms with E-state index in [0.29, 0.717) is 27.6 Å². The summed E-state index contributed by atoms with van der Waals surface area (Å²) in [5, 5.41) is 28.6. The smallest absolute Gasteiger partial charge is 0.331 e. The number of methoxy groups -OCH3 is 1. The van der Waals surface area contributed by atoms with Gasteiger partial charge in [-0.3, -0.25) is 9.36 Å². The predicted molar refractivity (Wildman–Crippen MR) is 127 cm³/mol. The average molecular weight is 497 g/mol. The van der Waals surface area contributed by atoms with Gasteiger partial charge in [0.15, 0.2) is 5.54 Å². The van der Waals surface area contributed by atoms with Gasteiger partial charge in [0.25, 0.3) is 5.56 Å². The number of aliphatic carboxylic acids is 1. The Balaban J connectivity index is 1.93. The fourth-order valence-electron chi connectivity index (χ4n) is 4.29. The summed E-state index contributed by atoms with van der Waals surface area (Å²) in [5.41, 5.74) is -2.31. The lowest BCUT2D eigenvalue weighted by Crippen LogP contribution is -2.57. The number of nitriles is 1. The summed E-state index contributed by atoms with van der Waals surface area (Å²) in [7, 11) is 1.41. The van der Waals surface area contributed by atoms with Gasteiger partial charge in [-0.05, 0) is 36.5 Å². The first-order valence-electron chi connectivity index (χ1n) is 11.1. The molecular weight excluding hydrogens is 472 g/mol. The van der Waals surface area contributed by atoms with Crippen molar-refractivity contribution in [1.82, 2.24) is 14.8 Å². The van der Waals surface area contributed by atoms with Crippen LogP contribution in [-0.2, 0) is 16.8 Å². The van der Waals surface area contributed by atoms with Gasteiger partial charge in [-0.1, -0.05) is 32.4 Å². The van der Waals surface area contributed by atoms with Gasteiger partial charge < -0.3 is 14.3 Å². The van der Waals surface area contributed by atoms with E-state index in [2.05, 4.69) is 16.3 Å². The van der Waals surface area contributed by atoms with E-state index in [1.54, 1.807) is 39.0 Å². The van der Waals surface area contributed by atoms with Crippen molar-refractivity contribution in [2.45, 2.75) is 51.5 Å². The van der Waals surface area contributed by atoms with Crippen LogP contribution in [0.1, 0.15) is 56.9 Å². The molecule has 1 aliphatic carbocycles. The Morgan fingerprint density at radius 1 is 1.29 bits per heavy atom. The molecule has 0 amide bonds. The van der Waals surface area contributed by atoms with Gasteiger partial charge in [-0.2, -0.15) is 5.26 Å². The van der Waals surface area contributed by atoms with Crippen molar-refractivity contribution in [3.8, 4) is 22.9 Å². The van der Waals surface area contributed by atoms with E-state index < -0.39 is 22.5 Å². The number of hydrogen-bond acceptors (Lipinski definition) is 7. The summed E-state index contributed by atoms with van der Waals surface area (Å²) in [6.07, 6.45) is 3.07. The van der Waals surface area contributed by atoms with Gasteiger partial charge in [-0.25, -0.2) is 4.79 Å². The summed E-state index contributed by atoms with van der Waals surface area (Å²) < 4.78 is 12.5. The van der Waals surface area contributed by atoms with Crippen molar-refractivity contribution >= 4 is 17.6 Å². The van der Waals surface area contributed by atoms with Crippen LogP contribution in [-0.4, -0.2) is 33.0 Å². The third-order valence-corrected chi connectivity index (χ3v) is 6.69. The summed E-state index contributed by atoms with van der Waals surface area (Å²) in [5.74, 6) is -0.186. The molecule has 1 aliphatic rings. The van der Waals surface area contributed by atoms with E-state index in [0.717, 1.165) is 17.4 Å². The van der Waals surface area contributed by atoms with Gasteiger partial charge in [0.05, 0.1) is 31.4 Å². The monoisotopic (exact) mass is 496 g/mol. The van der Waals surface area contributed by atoms with Crippen LogP contribution >= 0.6 is 11.6 Å². The summed E-state index contributed by atoms with van der Waals surface area (Å²) in [6, 6.07) is 8.03. The first kappa shape index (κ1) is 24.5. The second-order valence-corrected chi connectivity index (χ2v) is 10.1. The van der Waals surface area contributed by atoms with E-state index in [1.165, 1.54) is 19.4 Å². The number of halogens is 1. The molecule has 1 unspecified atom stereocenters. The standard InChI is InChI=1S/C25H25ClN4O5/c1-24(2,3)25(23(32)33,11-20-28-29-22(35-20)14-5-6-14)30-13-19(34-4)18(10-21(30)31)17-9-16(26)8-7-15(17)12-27/h7-10,13-14H,5-6,11H2,1-4H3,(H,32,33). The fraction of sp³-hybridized carbons (Fsp3) is 0.400. The van der Waals surface area contributed by atoms with E-state index >= 15 is 0 Å². The second kappa shape index (κ2) is 8.86. The van der Waals surface area contributed by atoms with Crippen LogP contribution in [0, 0.1) is 16.7 Å². The van der Waals surface area contributed by atoms with Crippen molar-refractivity contribution in [2.24, 2.45) is 5.41 Å². The van der Waals surface area contributed by atoms with E-state index in [4.69, 9.17) is 20.8 Å². The molecule has 3 aromatic rings. The third kappa shape index (κ3) is 4.30. The maximum Gasteiger partial charge on any atom is 0.331 e. The number of rotatable bonds is 7. The van der Waals surface area contributed by atoms with Crippen molar-refractivity contribution in [3.05, 3.63) is 63.2 Å².